The van der Waals surface area contributed by atoms with Crippen molar-refractivity contribution >= 4 is 32.8 Å². The molecule has 1 fully saturated rings. The summed E-state index contributed by atoms with van der Waals surface area (Å²) in [4.78, 5) is 9.44. The van der Waals surface area contributed by atoms with Gasteiger partial charge in [-0.15, -0.1) is 0 Å². The molecule has 0 bridgehead atoms. The molecular formula is C19H25N5O3S2. The predicted octanol–water partition coefficient (Wildman–Crippen LogP) is 2.59. The van der Waals surface area contributed by atoms with E-state index in [2.05, 4.69) is 28.0 Å². The van der Waals surface area contributed by atoms with E-state index < -0.39 is 10.0 Å². The van der Waals surface area contributed by atoms with Crippen LogP contribution in [-0.4, -0.2) is 58.1 Å². The lowest BCUT2D eigenvalue weighted by Crippen LogP contribution is -2.40. The maximum absolute atomic E-state index is 13.0. The van der Waals surface area contributed by atoms with E-state index in [1.54, 1.807) is 30.1 Å². The molecule has 0 atom stereocenters. The summed E-state index contributed by atoms with van der Waals surface area (Å²) in [6, 6.07) is 5.23. The molecule has 2 aromatic heterocycles. The van der Waals surface area contributed by atoms with Crippen LogP contribution in [0.5, 0.6) is 0 Å². The van der Waals surface area contributed by atoms with Crippen molar-refractivity contribution in [2.45, 2.75) is 42.7 Å². The lowest BCUT2D eigenvalue weighted by atomic mass is 10.3. The number of benzene rings is 1. The van der Waals surface area contributed by atoms with Crippen LogP contribution in [0.3, 0.4) is 0 Å². The number of rotatable bonds is 7. The first-order valence-corrected chi connectivity index (χ1v) is 12.2. The molecule has 4 rings (SSSR count). The van der Waals surface area contributed by atoms with Crippen molar-refractivity contribution in [1.82, 2.24) is 23.4 Å². The van der Waals surface area contributed by atoms with Crippen molar-refractivity contribution in [2.24, 2.45) is 0 Å². The Morgan fingerprint density at radius 2 is 1.97 bits per heavy atom. The minimum absolute atomic E-state index is 0.286. The zero-order valence-electron chi connectivity index (χ0n) is 16.6. The fraction of sp³-hybridized carbons (Fsp3) is 0.474. The van der Waals surface area contributed by atoms with E-state index in [1.165, 1.54) is 4.31 Å². The number of nitrogens with zero attached hydrogens (tertiary/aromatic N) is 5. The van der Waals surface area contributed by atoms with Gasteiger partial charge in [-0.2, -0.15) is 4.31 Å². The highest BCUT2D eigenvalue weighted by Crippen LogP contribution is 2.27. The Morgan fingerprint density at radius 1 is 1.17 bits per heavy atom. The maximum atomic E-state index is 13.0. The first kappa shape index (κ1) is 20.4. The number of hydrogen-bond donors (Lipinski definition) is 0. The van der Waals surface area contributed by atoms with Crippen LogP contribution >= 0.6 is 11.8 Å². The lowest BCUT2D eigenvalue weighted by Gasteiger charge is -2.26. The summed E-state index contributed by atoms with van der Waals surface area (Å²) in [5.74, 6) is 1.59. The fourth-order valence-corrected chi connectivity index (χ4v) is 5.92. The van der Waals surface area contributed by atoms with Gasteiger partial charge >= 0.3 is 0 Å². The molecular weight excluding hydrogens is 410 g/mol. The molecule has 29 heavy (non-hydrogen) atoms. The molecule has 0 aliphatic carbocycles. The van der Waals surface area contributed by atoms with E-state index >= 15 is 0 Å². The molecule has 3 heterocycles. The van der Waals surface area contributed by atoms with Gasteiger partial charge in [0.05, 0.1) is 34.9 Å². The molecule has 0 unspecified atom stereocenters. The first-order valence-electron chi connectivity index (χ1n) is 9.75. The monoisotopic (exact) mass is 435 g/mol. The maximum Gasteiger partial charge on any atom is 0.243 e. The molecule has 1 saturated heterocycles. The van der Waals surface area contributed by atoms with Crippen molar-refractivity contribution in [2.75, 3.05) is 26.3 Å². The number of morpholine rings is 1. The quantitative estimate of drug-likeness (QED) is 0.531. The van der Waals surface area contributed by atoms with Crippen molar-refractivity contribution in [1.29, 1.82) is 0 Å². The zero-order chi connectivity index (χ0) is 20.4. The molecule has 156 valence electrons. The highest BCUT2D eigenvalue weighted by molar-refractivity contribution is 7.98. The normalized spacial score (nSPS) is 15.9. The van der Waals surface area contributed by atoms with Crippen molar-refractivity contribution in [3.8, 4) is 0 Å². The number of fused-ring (bicyclic) bond motifs is 1. The average molecular weight is 436 g/mol. The Hall–Kier alpha value is -1.88. The Morgan fingerprint density at radius 3 is 2.69 bits per heavy atom. The Kier molecular flexibility index (Phi) is 5.95. The van der Waals surface area contributed by atoms with Gasteiger partial charge in [-0.3, -0.25) is 0 Å². The van der Waals surface area contributed by atoms with Crippen LogP contribution < -0.4 is 0 Å². The van der Waals surface area contributed by atoms with E-state index in [-0.39, 0.29) is 4.90 Å². The van der Waals surface area contributed by atoms with Gasteiger partial charge in [-0.1, -0.05) is 11.8 Å². The van der Waals surface area contributed by atoms with Crippen molar-refractivity contribution in [3.05, 3.63) is 36.4 Å². The fourth-order valence-electron chi connectivity index (χ4n) is 3.52. The highest BCUT2D eigenvalue weighted by Gasteiger charge is 2.27. The van der Waals surface area contributed by atoms with Crippen LogP contribution in [0, 0.1) is 0 Å². The average Bonchev–Trinajstić information content (AvgIpc) is 3.35. The SMILES string of the molecule is CCn1ccnc1SCc1nc2cc(S(=O)(=O)N3CCOCC3)ccc2n1CC. The molecule has 0 radical (unpaired) electrons. The van der Waals surface area contributed by atoms with E-state index in [9.17, 15) is 8.42 Å². The molecule has 1 aromatic carbocycles. The molecule has 1 aliphatic heterocycles. The lowest BCUT2D eigenvalue weighted by molar-refractivity contribution is 0.0730. The first-order chi connectivity index (χ1) is 14.0. The van der Waals surface area contributed by atoms with Gasteiger partial charge in [-0.05, 0) is 32.0 Å². The molecule has 0 spiro atoms. The van der Waals surface area contributed by atoms with Crippen LogP contribution in [0.15, 0.2) is 40.6 Å². The number of aromatic nitrogens is 4. The largest absolute Gasteiger partial charge is 0.379 e. The Bertz CT molecular complexity index is 1100. The second kappa shape index (κ2) is 8.47. The summed E-state index contributed by atoms with van der Waals surface area (Å²) >= 11 is 1.64. The van der Waals surface area contributed by atoms with Gasteiger partial charge in [0.25, 0.3) is 0 Å². The highest BCUT2D eigenvalue weighted by atomic mass is 32.2. The van der Waals surface area contributed by atoms with Crippen LogP contribution in [0.25, 0.3) is 11.0 Å². The van der Waals surface area contributed by atoms with Crippen molar-refractivity contribution < 1.29 is 13.2 Å². The van der Waals surface area contributed by atoms with Gasteiger partial charge < -0.3 is 13.9 Å². The van der Waals surface area contributed by atoms with Gasteiger partial charge in [0, 0.05) is 38.6 Å². The number of aryl methyl sites for hydroxylation is 2. The van der Waals surface area contributed by atoms with E-state index in [1.807, 2.05) is 12.3 Å². The summed E-state index contributed by atoms with van der Waals surface area (Å²) in [6.07, 6.45) is 3.77. The second-order valence-electron chi connectivity index (χ2n) is 6.72. The molecule has 0 amide bonds. The molecule has 3 aromatic rings. The van der Waals surface area contributed by atoms with Gasteiger partial charge in [-0.25, -0.2) is 18.4 Å². The third-order valence-electron chi connectivity index (χ3n) is 5.07. The summed E-state index contributed by atoms with van der Waals surface area (Å²) in [5.41, 5.74) is 1.65. The molecule has 8 nitrogen and oxygen atoms in total. The minimum atomic E-state index is -3.54. The summed E-state index contributed by atoms with van der Waals surface area (Å²) in [6.45, 7) is 7.43. The van der Waals surface area contributed by atoms with Crippen LogP contribution in [-0.2, 0) is 33.6 Å². The smallest absolute Gasteiger partial charge is 0.243 e. The third-order valence-corrected chi connectivity index (χ3v) is 7.97. The molecule has 1 aliphatic rings. The Labute approximate surface area is 174 Å². The second-order valence-corrected chi connectivity index (χ2v) is 9.60. The number of hydrogen-bond acceptors (Lipinski definition) is 6. The summed E-state index contributed by atoms with van der Waals surface area (Å²) in [5, 5.41) is 0.956. The molecule has 0 saturated carbocycles. The van der Waals surface area contributed by atoms with Gasteiger partial charge in [0.2, 0.25) is 10.0 Å². The molecule has 10 heteroatoms. The van der Waals surface area contributed by atoms with Gasteiger partial charge in [0.15, 0.2) is 5.16 Å². The van der Waals surface area contributed by atoms with E-state index in [4.69, 9.17) is 9.72 Å². The third kappa shape index (κ3) is 3.94. The standard InChI is InChI=1S/C19H25N5O3S2/c1-3-22-8-7-20-19(22)28-14-18-21-16-13-15(5-6-17(16)24(18)4-2)29(25,26)23-9-11-27-12-10-23/h5-8,13H,3-4,9-12,14H2,1-2H3. The Balaban J connectivity index is 1.63. The summed E-state index contributed by atoms with van der Waals surface area (Å²) < 4.78 is 36.9. The van der Waals surface area contributed by atoms with E-state index in [0.29, 0.717) is 37.6 Å². The minimum Gasteiger partial charge on any atom is -0.379 e. The number of imidazole rings is 2. The van der Waals surface area contributed by atoms with Crippen LogP contribution in [0.4, 0.5) is 0 Å². The zero-order valence-corrected chi connectivity index (χ0v) is 18.2. The molecule has 0 N–H and O–H groups in total. The number of ether oxygens (including phenoxy) is 1. The number of sulfonamides is 1. The predicted molar refractivity (Wildman–Crippen MR) is 112 cm³/mol. The topological polar surface area (TPSA) is 82.2 Å². The van der Waals surface area contributed by atoms with Crippen LogP contribution in [0.1, 0.15) is 19.7 Å². The summed E-state index contributed by atoms with van der Waals surface area (Å²) in [7, 11) is -3.54. The number of thioether (sulfide) groups is 1. The van der Waals surface area contributed by atoms with E-state index in [0.717, 1.165) is 29.6 Å². The van der Waals surface area contributed by atoms with Crippen LogP contribution in [0.2, 0.25) is 0 Å². The van der Waals surface area contributed by atoms with Gasteiger partial charge in [0.1, 0.15) is 5.82 Å². The van der Waals surface area contributed by atoms with Crippen molar-refractivity contribution in [3.63, 3.8) is 0 Å².